The highest BCUT2D eigenvalue weighted by Crippen LogP contribution is 2.10. The fraction of sp³-hybridized carbons (Fsp3) is 0.875. The predicted molar refractivity (Wildman–Crippen MR) is 52.6 cm³/mol. The second-order valence-corrected chi connectivity index (χ2v) is 3.56. The summed E-state index contributed by atoms with van der Waals surface area (Å²) in [5, 5.41) is 0. The Bertz CT molecular complexity index is 145. The Balaban J connectivity index is 0. The van der Waals surface area contributed by atoms with Crippen LogP contribution >= 0.6 is 0 Å². The maximum atomic E-state index is 11.8. The highest BCUT2D eigenvalue weighted by atomic mass is 28.1. The van der Waals surface area contributed by atoms with Crippen molar-refractivity contribution in [1.82, 2.24) is 0 Å². The van der Waals surface area contributed by atoms with Gasteiger partial charge in [0.15, 0.2) is 6.17 Å². The third-order valence-corrected chi connectivity index (χ3v) is 1.76. The van der Waals surface area contributed by atoms with Gasteiger partial charge in [0.05, 0.1) is 6.61 Å². The van der Waals surface area contributed by atoms with E-state index < -0.39 is 12.6 Å². The molecule has 0 fully saturated rings. The Morgan fingerprint density at radius 2 is 1.93 bits per heavy atom. The van der Waals surface area contributed by atoms with Crippen molar-refractivity contribution in [2.45, 2.75) is 38.9 Å². The lowest BCUT2D eigenvalue weighted by Gasteiger charge is -2.01. The first-order valence-corrected chi connectivity index (χ1v) is 5.92. The molecule has 0 saturated carbocycles. The number of alkyl halides is 3. The van der Waals surface area contributed by atoms with Crippen molar-refractivity contribution in [2.24, 2.45) is 0 Å². The number of hydrogen-bond donors (Lipinski definition) is 0. The summed E-state index contributed by atoms with van der Waals surface area (Å²) in [6, 6.07) is 0.617. The number of carbonyl (C=O) groups excluding carboxylic acids is 1. The molecule has 86 valence electrons. The fourth-order valence-electron chi connectivity index (χ4n) is 0.605. The van der Waals surface area contributed by atoms with Crippen molar-refractivity contribution in [3.63, 3.8) is 0 Å². The van der Waals surface area contributed by atoms with Crippen molar-refractivity contribution >= 4 is 16.2 Å². The standard InChI is InChI=1S/C4H9F3Si.C4H8O2/c5-3(1-2-8)4(6)7;1-3-6-4(2)5/h3-4H,1-2H2,8H3;3H2,1-2H3. The first-order valence-electron chi connectivity index (χ1n) is 4.51. The van der Waals surface area contributed by atoms with Crippen LogP contribution in [0.25, 0.3) is 0 Å². The van der Waals surface area contributed by atoms with E-state index in [1.165, 1.54) is 6.92 Å². The molecule has 0 amide bonds. The van der Waals surface area contributed by atoms with Crippen LogP contribution in [0.3, 0.4) is 0 Å². The highest BCUT2D eigenvalue weighted by Gasteiger charge is 2.16. The van der Waals surface area contributed by atoms with Crippen molar-refractivity contribution in [2.75, 3.05) is 6.61 Å². The van der Waals surface area contributed by atoms with Gasteiger partial charge in [0.25, 0.3) is 6.43 Å². The van der Waals surface area contributed by atoms with Crippen molar-refractivity contribution < 1.29 is 22.7 Å². The molecule has 6 heteroatoms. The van der Waals surface area contributed by atoms with E-state index in [0.717, 1.165) is 10.2 Å². The van der Waals surface area contributed by atoms with E-state index in [4.69, 9.17) is 0 Å². The molecule has 1 unspecified atom stereocenters. The summed E-state index contributed by atoms with van der Waals surface area (Å²) in [6.45, 7) is 3.65. The zero-order chi connectivity index (χ0) is 11.6. The smallest absolute Gasteiger partial charge is 0.302 e. The van der Waals surface area contributed by atoms with Gasteiger partial charge in [0.1, 0.15) is 0 Å². The van der Waals surface area contributed by atoms with Crippen LogP contribution in [0.1, 0.15) is 20.3 Å². The van der Waals surface area contributed by atoms with Gasteiger partial charge in [-0.2, -0.15) is 0 Å². The largest absolute Gasteiger partial charge is 0.466 e. The SMILES string of the molecule is CCOC(C)=O.FC(F)C(F)CC[SiH3]. The average molecular weight is 230 g/mol. The summed E-state index contributed by atoms with van der Waals surface area (Å²) >= 11 is 0. The molecule has 0 aromatic heterocycles. The quantitative estimate of drug-likeness (QED) is 0.538. The van der Waals surface area contributed by atoms with E-state index in [2.05, 4.69) is 4.74 Å². The van der Waals surface area contributed by atoms with E-state index in [0.29, 0.717) is 12.7 Å². The first kappa shape index (κ1) is 15.9. The van der Waals surface area contributed by atoms with Crippen molar-refractivity contribution in [3.05, 3.63) is 0 Å². The first-order chi connectivity index (χ1) is 6.45. The Labute approximate surface area is 85.2 Å². The Morgan fingerprint density at radius 1 is 1.43 bits per heavy atom. The molecule has 0 aromatic rings. The molecule has 0 aliphatic rings. The molecule has 0 aromatic carbocycles. The number of ether oxygens (including phenoxy) is 1. The molecule has 0 spiro atoms. The maximum Gasteiger partial charge on any atom is 0.302 e. The number of hydrogen-bond acceptors (Lipinski definition) is 2. The molecule has 1 atom stereocenters. The van der Waals surface area contributed by atoms with E-state index in [9.17, 15) is 18.0 Å². The molecule has 2 nitrogen and oxygen atoms in total. The molecule has 0 radical (unpaired) electrons. The normalized spacial score (nSPS) is 11.9. The fourth-order valence-corrected chi connectivity index (χ4v) is 1.16. The van der Waals surface area contributed by atoms with Crippen LogP contribution in [0.2, 0.25) is 6.04 Å². The van der Waals surface area contributed by atoms with Crippen LogP contribution in [0.5, 0.6) is 0 Å². The molecule has 0 N–H and O–H groups in total. The molecule has 0 saturated heterocycles. The van der Waals surface area contributed by atoms with Gasteiger partial charge in [0, 0.05) is 17.2 Å². The van der Waals surface area contributed by atoms with Gasteiger partial charge in [-0.25, -0.2) is 13.2 Å². The summed E-state index contributed by atoms with van der Waals surface area (Å²) in [4.78, 5) is 9.82. The van der Waals surface area contributed by atoms with Gasteiger partial charge in [-0.05, 0) is 13.3 Å². The van der Waals surface area contributed by atoms with E-state index >= 15 is 0 Å². The van der Waals surface area contributed by atoms with E-state index in [-0.39, 0.29) is 12.4 Å². The van der Waals surface area contributed by atoms with Crippen LogP contribution in [0.4, 0.5) is 13.2 Å². The number of halogens is 3. The third kappa shape index (κ3) is 14.0. The lowest BCUT2D eigenvalue weighted by atomic mass is 10.3. The van der Waals surface area contributed by atoms with E-state index in [1.54, 1.807) is 6.92 Å². The van der Waals surface area contributed by atoms with Gasteiger partial charge in [-0.3, -0.25) is 4.79 Å². The highest BCUT2D eigenvalue weighted by molar-refractivity contribution is 6.08. The minimum atomic E-state index is -2.77. The van der Waals surface area contributed by atoms with Gasteiger partial charge in [-0.1, -0.05) is 6.04 Å². The summed E-state index contributed by atoms with van der Waals surface area (Å²) in [5.74, 6) is -0.211. The Kier molecular flexibility index (Phi) is 12.0. The summed E-state index contributed by atoms with van der Waals surface area (Å²) < 4.78 is 38.7. The van der Waals surface area contributed by atoms with E-state index in [1.807, 2.05) is 0 Å². The van der Waals surface area contributed by atoms with Crippen molar-refractivity contribution in [1.29, 1.82) is 0 Å². The van der Waals surface area contributed by atoms with Gasteiger partial charge >= 0.3 is 5.97 Å². The number of esters is 1. The van der Waals surface area contributed by atoms with Crippen LogP contribution < -0.4 is 0 Å². The molecule has 0 aliphatic carbocycles. The Morgan fingerprint density at radius 3 is 2.00 bits per heavy atom. The maximum absolute atomic E-state index is 11.8. The average Bonchev–Trinajstić information content (AvgIpc) is 2.05. The summed E-state index contributed by atoms with van der Waals surface area (Å²) in [6.07, 6.45) is -4.62. The van der Waals surface area contributed by atoms with Crippen LogP contribution in [0, 0.1) is 0 Å². The lowest BCUT2D eigenvalue weighted by molar-refractivity contribution is -0.140. The molecule has 0 heterocycles. The number of carbonyl (C=O) groups is 1. The molecule has 0 rings (SSSR count). The predicted octanol–water partition coefficient (Wildman–Crippen LogP) is 1.33. The Hall–Kier alpha value is -0.523. The molecular weight excluding hydrogens is 213 g/mol. The number of rotatable bonds is 4. The van der Waals surface area contributed by atoms with Gasteiger partial charge < -0.3 is 4.74 Å². The molecule has 0 aliphatic heterocycles. The van der Waals surface area contributed by atoms with Gasteiger partial charge in [0.2, 0.25) is 0 Å². The second kappa shape index (κ2) is 10.6. The second-order valence-electron chi connectivity index (χ2n) is 2.56. The van der Waals surface area contributed by atoms with Gasteiger partial charge in [-0.15, -0.1) is 0 Å². The topological polar surface area (TPSA) is 26.3 Å². The minimum Gasteiger partial charge on any atom is -0.466 e. The lowest BCUT2D eigenvalue weighted by Crippen LogP contribution is -2.10. The summed E-state index contributed by atoms with van der Waals surface area (Å²) in [5.41, 5.74) is 0. The van der Waals surface area contributed by atoms with Crippen LogP contribution in [0.15, 0.2) is 0 Å². The zero-order valence-electron chi connectivity index (χ0n) is 8.73. The minimum absolute atomic E-state index is 0.0316. The van der Waals surface area contributed by atoms with Crippen molar-refractivity contribution in [3.8, 4) is 0 Å². The van der Waals surface area contributed by atoms with Crippen LogP contribution in [-0.2, 0) is 9.53 Å². The molecule has 14 heavy (non-hydrogen) atoms. The van der Waals surface area contributed by atoms with Crippen LogP contribution in [-0.4, -0.2) is 35.4 Å². The zero-order valence-corrected chi connectivity index (χ0v) is 10.7. The molecule has 0 bridgehead atoms. The third-order valence-electron chi connectivity index (χ3n) is 1.19. The molecular formula is C8H17F3O2Si. The summed E-state index contributed by atoms with van der Waals surface area (Å²) in [7, 11) is 0.809. The monoisotopic (exact) mass is 230 g/mol.